The standard InChI is InChI=1S/C19H19BrN6O2/c1-11-4-2-3-5-14(11)23-18(21)26-19-24-15(17(28)25-19)10-16(27)22-13-8-6-12(20)7-9-13/h2-9,15H,10H2,1H3,(H,22,27)(H4,21,23,24,25,26,28). The largest absolute Gasteiger partial charge is 0.369 e. The van der Waals surface area contributed by atoms with Crippen LogP contribution >= 0.6 is 15.9 Å². The summed E-state index contributed by atoms with van der Waals surface area (Å²) in [6.07, 6.45) is -0.0912. The van der Waals surface area contributed by atoms with Gasteiger partial charge in [0.05, 0.1) is 6.42 Å². The molecule has 0 spiro atoms. The van der Waals surface area contributed by atoms with E-state index >= 15 is 0 Å². The zero-order valence-electron chi connectivity index (χ0n) is 15.1. The lowest BCUT2D eigenvalue weighted by atomic mass is 10.2. The molecule has 3 rings (SSSR count). The number of aryl methyl sites for hydroxylation is 1. The average Bonchev–Trinajstić information content (AvgIpc) is 2.97. The van der Waals surface area contributed by atoms with Crippen LogP contribution in [0.15, 0.2) is 63.0 Å². The quantitative estimate of drug-likeness (QED) is 0.428. The first-order valence-corrected chi connectivity index (χ1v) is 9.31. The van der Waals surface area contributed by atoms with Crippen molar-refractivity contribution in [1.82, 2.24) is 5.32 Å². The minimum atomic E-state index is -0.847. The molecule has 1 atom stereocenters. The number of carbonyl (C=O) groups is 2. The molecule has 9 heteroatoms. The number of nitrogens with one attached hydrogen (secondary N) is 3. The van der Waals surface area contributed by atoms with Crippen molar-refractivity contribution in [3.8, 4) is 0 Å². The van der Waals surface area contributed by atoms with Crippen molar-refractivity contribution in [3.05, 3.63) is 58.6 Å². The number of benzene rings is 2. The van der Waals surface area contributed by atoms with Gasteiger partial charge in [0.2, 0.25) is 17.8 Å². The summed E-state index contributed by atoms with van der Waals surface area (Å²) in [6, 6.07) is 13.9. The molecule has 0 saturated carbocycles. The summed E-state index contributed by atoms with van der Waals surface area (Å²) in [7, 11) is 0. The van der Waals surface area contributed by atoms with Crippen molar-refractivity contribution in [2.75, 3.05) is 10.6 Å². The van der Waals surface area contributed by atoms with Crippen LogP contribution < -0.4 is 21.7 Å². The first-order valence-electron chi connectivity index (χ1n) is 8.51. The summed E-state index contributed by atoms with van der Waals surface area (Å²) in [5, 5.41) is 8.22. The van der Waals surface area contributed by atoms with Gasteiger partial charge in [-0.2, -0.15) is 4.99 Å². The number of carbonyl (C=O) groups excluding carboxylic acids is 2. The number of para-hydroxylation sites is 1. The number of rotatable bonds is 4. The summed E-state index contributed by atoms with van der Waals surface area (Å²) >= 11 is 3.33. The summed E-state index contributed by atoms with van der Waals surface area (Å²) in [4.78, 5) is 32.5. The topological polar surface area (TPSA) is 121 Å². The van der Waals surface area contributed by atoms with Crippen molar-refractivity contribution in [2.45, 2.75) is 19.4 Å². The molecule has 0 saturated heterocycles. The van der Waals surface area contributed by atoms with Crippen LogP contribution in [-0.4, -0.2) is 29.8 Å². The molecular weight excluding hydrogens is 424 g/mol. The molecule has 2 amide bonds. The monoisotopic (exact) mass is 442 g/mol. The number of hydrogen-bond donors (Lipinski definition) is 4. The fraction of sp³-hybridized carbons (Fsp3) is 0.158. The van der Waals surface area contributed by atoms with E-state index in [-0.39, 0.29) is 24.2 Å². The second-order valence-electron chi connectivity index (χ2n) is 6.15. The molecule has 2 aromatic rings. The highest BCUT2D eigenvalue weighted by atomic mass is 79.9. The Morgan fingerprint density at radius 1 is 1.21 bits per heavy atom. The van der Waals surface area contributed by atoms with Gasteiger partial charge in [0.15, 0.2) is 0 Å². The third-order valence-electron chi connectivity index (χ3n) is 3.96. The van der Waals surface area contributed by atoms with Crippen molar-refractivity contribution in [2.24, 2.45) is 15.7 Å². The molecule has 0 bridgehead atoms. The molecule has 5 N–H and O–H groups in total. The Morgan fingerprint density at radius 3 is 2.64 bits per heavy atom. The minimum absolute atomic E-state index is 0.0741. The van der Waals surface area contributed by atoms with E-state index < -0.39 is 11.9 Å². The molecule has 144 valence electrons. The van der Waals surface area contributed by atoms with Crippen LogP contribution in [0.4, 0.5) is 11.4 Å². The smallest absolute Gasteiger partial charge is 0.252 e. The Balaban J connectivity index is 1.61. The number of nitrogens with zero attached hydrogens (tertiary/aromatic N) is 2. The van der Waals surface area contributed by atoms with Crippen molar-refractivity contribution in [1.29, 1.82) is 0 Å². The number of aliphatic imine (C=N–C) groups is 2. The molecule has 1 aliphatic heterocycles. The zero-order valence-corrected chi connectivity index (χ0v) is 16.7. The van der Waals surface area contributed by atoms with E-state index in [4.69, 9.17) is 5.73 Å². The summed E-state index contributed by atoms with van der Waals surface area (Å²) < 4.78 is 0.907. The van der Waals surface area contributed by atoms with Crippen LogP contribution in [0.5, 0.6) is 0 Å². The van der Waals surface area contributed by atoms with Crippen molar-refractivity contribution >= 4 is 51.0 Å². The van der Waals surface area contributed by atoms with E-state index in [1.807, 2.05) is 43.3 Å². The van der Waals surface area contributed by atoms with Gasteiger partial charge in [-0.25, -0.2) is 4.99 Å². The normalized spacial score (nSPS) is 16.4. The molecule has 0 fully saturated rings. The third-order valence-corrected chi connectivity index (χ3v) is 4.49. The Bertz CT molecular complexity index is 955. The van der Waals surface area contributed by atoms with E-state index in [9.17, 15) is 9.59 Å². The van der Waals surface area contributed by atoms with Gasteiger partial charge in [0.25, 0.3) is 5.91 Å². The van der Waals surface area contributed by atoms with Gasteiger partial charge in [-0.3, -0.25) is 14.9 Å². The van der Waals surface area contributed by atoms with E-state index in [1.165, 1.54) is 0 Å². The maximum atomic E-state index is 12.2. The lowest BCUT2D eigenvalue weighted by Gasteiger charge is -2.07. The molecule has 1 unspecified atom stereocenters. The lowest BCUT2D eigenvalue weighted by Crippen LogP contribution is -2.32. The number of amides is 2. The fourth-order valence-electron chi connectivity index (χ4n) is 2.54. The van der Waals surface area contributed by atoms with E-state index in [0.29, 0.717) is 5.69 Å². The fourth-order valence-corrected chi connectivity index (χ4v) is 2.81. The van der Waals surface area contributed by atoms with E-state index in [2.05, 4.69) is 41.9 Å². The van der Waals surface area contributed by atoms with Gasteiger partial charge < -0.3 is 16.4 Å². The third kappa shape index (κ3) is 5.17. The summed E-state index contributed by atoms with van der Waals surface area (Å²) in [6.45, 7) is 1.94. The second kappa shape index (κ2) is 8.66. The average molecular weight is 443 g/mol. The molecule has 1 heterocycles. The Hall–Kier alpha value is -3.20. The van der Waals surface area contributed by atoms with Crippen LogP contribution in [0.3, 0.4) is 0 Å². The second-order valence-corrected chi connectivity index (χ2v) is 7.07. The van der Waals surface area contributed by atoms with E-state index in [0.717, 1.165) is 15.7 Å². The van der Waals surface area contributed by atoms with Crippen LogP contribution in [0.2, 0.25) is 0 Å². The molecule has 0 aliphatic carbocycles. The van der Waals surface area contributed by atoms with Gasteiger partial charge in [-0.1, -0.05) is 34.1 Å². The van der Waals surface area contributed by atoms with Gasteiger partial charge in [0, 0.05) is 15.8 Å². The molecule has 1 aliphatic rings. The highest BCUT2D eigenvalue weighted by molar-refractivity contribution is 9.10. The van der Waals surface area contributed by atoms with Crippen LogP contribution in [0.1, 0.15) is 12.0 Å². The zero-order chi connectivity index (χ0) is 20.1. The number of guanidine groups is 2. The minimum Gasteiger partial charge on any atom is -0.369 e. The molecule has 0 radical (unpaired) electrons. The van der Waals surface area contributed by atoms with Crippen LogP contribution in [-0.2, 0) is 9.59 Å². The lowest BCUT2D eigenvalue weighted by molar-refractivity contribution is -0.123. The molecule has 0 aromatic heterocycles. The summed E-state index contributed by atoms with van der Waals surface area (Å²) in [5.74, 6) is -0.547. The molecule has 8 nitrogen and oxygen atoms in total. The van der Waals surface area contributed by atoms with Gasteiger partial charge >= 0.3 is 0 Å². The van der Waals surface area contributed by atoms with Crippen molar-refractivity contribution in [3.63, 3.8) is 0 Å². The maximum Gasteiger partial charge on any atom is 0.252 e. The molecule has 2 aromatic carbocycles. The number of hydrogen-bond acceptors (Lipinski definition) is 4. The number of halogens is 1. The Morgan fingerprint density at radius 2 is 1.93 bits per heavy atom. The molecule has 28 heavy (non-hydrogen) atoms. The maximum absolute atomic E-state index is 12.2. The first kappa shape index (κ1) is 19.6. The Kier molecular flexibility index (Phi) is 6.05. The number of nitrogens with two attached hydrogens (primary N) is 1. The molecular formula is C19H19BrN6O2. The van der Waals surface area contributed by atoms with Crippen molar-refractivity contribution < 1.29 is 9.59 Å². The van der Waals surface area contributed by atoms with Gasteiger partial charge in [0.1, 0.15) is 6.04 Å². The number of anilines is 2. The predicted octanol–water partition coefficient (Wildman–Crippen LogP) is 2.37. The van der Waals surface area contributed by atoms with Gasteiger partial charge in [-0.05, 0) is 42.8 Å². The first-order chi connectivity index (χ1) is 13.4. The Labute approximate surface area is 170 Å². The summed E-state index contributed by atoms with van der Waals surface area (Å²) in [5.41, 5.74) is 8.33. The highest BCUT2D eigenvalue weighted by Crippen LogP contribution is 2.16. The van der Waals surface area contributed by atoms with E-state index in [1.54, 1.807) is 12.1 Å². The van der Waals surface area contributed by atoms with Crippen LogP contribution in [0, 0.1) is 6.92 Å². The SMILES string of the molecule is Cc1ccccc1N/C(N)=N/C1=NC(CC(=O)Nc2ccc(Br)cc2)C(=O)N1. The van der Waals surface area contributed by atoms with Crippen LogP contribution in [0.25, 0.3) is 0 Å². The predicted molar refractivity (Wildman–Crippen MR) is 113 cm³/mol. The highest BCUT2D eigenvalue weighted by Gasteiger charge is 2.28. The van der Waals surface area contributed by atoms with Gasteiger partial charge in [-0.15, -0.1) is 0 Å².